The number of fused-ring (bicyclic) bond motifs is 1. The van der Waals surface area contributed by atoms with E-state index in [0.717, 1.165) is 6.42 Å². The molecule has 0 aromatic rings. The van der Waals surface area contributed by atoms with E-state index in [2.05, 4.69) is 0 Å². The fourth-order valence-corrected chi connectivity index (χ4v) is 3.93. The molecule has 1 aliphatic carbocycles. The SMILES string of the molecule is C[C@@H]1CC[C@@H](C(=O)ON2C(=O)C3CC=CCC3C2=O)N(C(=O)OC(C)(C)C)C1. The van der Waals surface area contributed by atoms with Crippen LogP contribution in [-0.2, 0) is 24.0 Å². The van der Waals surface area contributed by atoms with Crippen LogP contribution in [0.25, 0.3) is 0 Å². The minimum atomic E-state index is -0.882. The first-order chi connectivity index (χ1) is 13.1. The fourth-order valence-electron chi connectivity index (χ4n) is 3.93. The van der Waals surface area contributed by atoms with Crippen LogP contribution in [-0.4, -0.2) is 52.0 Å². The first kappa shape index (κ1) is 20.4. The van der Waals surface area contributed by atoms with Crippen LogP contribution >= 0.6 is 0 Å². The second kappa shape index (κ2) is 7.56. The third-order valence-electron chi connectivity index (χ3n) is 5.37. The molecule has 0 bridgehead atoms. The molecule has 28 heavy (non-hydrogen) atoms. The Hall–Kier alpha value is -2.38. The minimum Gasteiger partial charge on any atom is -0.444 e. The Kier molecular flexibility index (Phi) is 5.50. The van der Waals surface area contributed by atoms with Crippen molar-refractivity contribution in [2.24, 2.45) is 17.8 Å². The molecule has 2 saturated heterocycles. The highest BCUT2D eigenvalue weighted by Gasteiger charge is 2.50. The summed E-state index contributed by atoms with van der Waals surface area (Å²) in [5, 5.41) is 0.607. The van der Waals surface area contributed by atoms with Crippen LogP contribution in [0.1, 0.15) is 53.4 Å². The van der Waals surface area contributed by atoms with E-state index in [-0.39, 0.29) is 5.92 Å². The van der Waals surface area contributed by atoms with Crippen molar-refractivity contribution in [2.75, 3.05) is 6.54 Å². The zero-order valence-electron chi connectivity index (χ0n) is 16.8. The summed E-state index contributed by atoms with van der Waals surface area (Å²) >= 11 is 0. The lowest BCUT2D eigenvalue weighted by atomic mass is 9.85. The van der Waals surface area contributed by atoms with Crippen molar-refractivity contribution in [3.8, 4) is 0 Å². The molecule has 2 aliphatic heterocycles. The van der Waals surface area contributed by atoms with Crippen molar-refractivity contribution < 1.29 is 28.8 Å². The summed E-state index contributed by atoms with van der Waals surface area (Å²) in [7, 11) is 0. The third-order valence-corrected chi connectivity index (χ3v) is 5.37. The standard InChI is InChI=1S/C20H28N2O6/c1-12-9-10-15(21(11-12)19(26)27-20(2,3)4)18(25)28-22-16(23)13-7-5-6-8-14(13)17(22)24/h5-6,12-15H,7-11H2,1-4H3/t12-,13?,14?,15+/m1/s1. The molecule has 8 heteroatoms. The van der Waals surface area contributed by atoms with E-state index in [9.17, 15) is 19.2 Å². The molecule has 0 saturated carbocycles. The van der Waals surface area contributed by atoms with Crippen LogP contribution in [0.4, 0.5) is 4.79 Å². The molecular weight excluding hydrogens is 364 g/mol. The maximum Gasteiger partial charge on any atom is 0.411 e. The highest BCUT2D eigenvalue weighted by molar-refractivity contribution is 6.05. The van der Waals surface area contributed by atoms with Crippen molar-refractivity contribution in [3.05, 3.63) is 12.2 Å². The lowest BCUT2D eigenvalue weighted by molar-refractivity contribution is -0.203. The molecule has 3 aliphatic rings. The molecule has 2 heterocycles. The lowest BCUT2D eigenvalue weighted by Crippen LogP contribution is -2.53. The van der Waals surface area contributed by atoms with Crippen LogP contribution in [0, 0.1) is 17.8 Å². The number of rotatable bonds is 2. The maximum atomic E-state index is 12.8. The zero-order chi connectivity index (χ0) is 20.6. The molecule has 0 N–H and O–H groups in total. The molecular formula is C20H28N2O6. The summed E-state index contributed by atoms with van der Waals surface area (Å²) in [6.07, 6.45) is 5.19. The number of piperidine rings is 1. The normalized spacial score (nSPS) is 30.3. The zero-order valence-corrected chi connectivity index (χ0v) is 16.8. The van der Waals surface area contributed by atoms with E-state index in [1.54, 1.807) is 20.8 Å². The van der Waals surface area contributed by atoms with Crippen molar-refractivity contribution >= 4 is 23.9 Å². The molecule has 4 atom stereocenters. The van der Waals surface area contributed by atoms with Crippen LogP contribution in [0.3, 0.4) is 0 Å². The van der Waals surface area contributed by atoms with Gasteiger partial charge in [-0.15, -0.1) is 5.06 Å². The summed E-state index contributed by atoms with van der Waals surface area (Å²) in [5.41, 5.74) is -0.699. The molecule has 0 radical (unpaired) electrons. The quantitative estimate of drug-likeness (QED) is 0.529. The van der Waals surface area contributed by atoms with Gasteiger partial charge in [0.15, 0.2) is 0 Å². The van der Waals surface area contributed by atoms with Gasteiger partial charge in [-0.25, -0.2) is 9.59 Å². The Balaban J connectivity index is 1.72. The van der Waals surface area contributed by atoms with E-state index in [4.69, 9.17) is 9.57 Å². The Morgan fingerprint density at radius 1 is 1.04 bits per heavy atom. The molecule has 0 spiro atoms. The van der Waals surface area contributed by atoms with E-state index in [1.165, 1.54) is 4.90 Å². The predicted octanol–water partition coefficient (Wildman–Crippen LogP) is 2.43. The molecule has 3 amide bonds. The molecule has 3 rings (SSSR count). The Morgan fingerprint density at radius 2 is 1.61 bits per heavy atom. The van der Waals surface area contributed by atoms with E-state index in [1.807, 2.05) is 19.1 Å². The highest BCUT2D eigenvalue weighted by atomic mass is 16.7. The van der Waals surface area contributed by atoms with Gasteiger partial charge in [0, 0.05) is 6.54 Å². The summed E-state index contributed by atoms with van der Waals surface area (Å²) in [4.78, 5) is 57.0. The van der Waals surface area contributed by atoms with Gasteiger partial charge >= 0.3 is 12.1 Å². The van der Waals surface area contributed by atoms with Gasteiger partial charge in [-0.3, -0.25) is 14.5 Å². The van der Waals surface area contributed by atoms with Gasteiger partial charge in [0.1, 0.15) is 11.6 Å². The van der Waals surface area contributed by atoms with Crippen molar-refractivity contribution in [1.82, 2.24) is 9.96 Å². The number of likely N-dealkylation sites (tertiary alicyclic amines) is 1. The van der Waals surface area contributed by atoms with Gasteiger partial charge in [0.05, 0.1) is 11.8 Å². The third kappa shape index (κ3) is 4.05. The smallest absolute Gasteiger partial charge is 0.411 e. The Labute approximate surface area is 164 Å². The average Bonchev–Trinajstić information content (AvgIpc) is 2.85. The molecule has 154 valence electrons. The Bertz CT molecular complexity index is 684. The fraction of sp³-hybridized carbons (Fsp3) is 0.700. The molecule has 2 fully saturated rings. The monoisotopic (exact) mass is 392 g/mol. The van der Waals surface area contributed by atoms with Crippen molar-refractivity contribution in [3.63, 3.8) is 0 Å². The molecule has 0 aromatic carbocycles. The number of amides is 3. The number of nitrogens with zero attached hydrogens (tertiary/aromatic N) is 2. The van der Waals surface area contributed by atoms with E-state index < -0.39 is 47.4 Å². The maximum absolute atomic E-state index is 12.8. The molecule has 2 unspecified atom stereocenters. The predicted molar refractivity (Wildman–Crippen MR) is 98.4 cm³/mol. The van der Waals surface area contributed by atoms with Gasteiger partial charge in [-0.2, -0.15) is 0 Å². The summed E-state index contributed by atoms with van der Waals surface area (Å²) in [6.45, 7) is 7.60. The number of allylic oxidation sites excluding steroid dienone is 2. The first-order valence-electron chi connectivity index (χ1n) is 9.82. The lowest BCUT2D eigenvalue weighted by Gasteiger charge is -2.37. The molecule has 0 aromatic heterocycles. The number of carbonyl (C=O) groups excluding carboxylic acids is 4. The molecule has 8 nitrogen and oxygen atoms in total. The number of hydroxylamine groups is 2. The summed E-state index contributed by atoms with van der Waals surface area (Å²) < 4.78 is 5.42. The minimum absolute atomic E-state index is 0.209. The number of hydrogen-bond acceptors (Lipinski definition) is 6. The second-order valence-corrected chi connectivity index (χ2v) is 8.87. The topological polar surface area (TPSA) is 93.2 Å². The van der Waals surface area contributed by atoms with E-state index in [0.29, 0.717) is 30.9 Å². The average molecular weight is 392 g/mol. The van der Waals surface area contributed by atoms with Gasteiger partial charge in [-0.1, -0.05) is 19.1 Å². The number of ether oxygens (including phenoxy) is 1. The van der Waals surface area contributed by atoms with Crippen LogP contribution < -0.4 is 0 Å². The van der Waals surface area contributed by atoms with Crippen LogP contribution in [0.2, 0.25) is 0 Å². The van der Waals surface area contributed by atoms with Crippen LogP contribution in [0.5, 0.6) is 0 Å². The van der Waals surface area contributed by atoms with Crippen molar-refractivity contribution in [2.45, 2.75) is 65.0 Å². The number of hydrogen-bond donors (Lipinski definition) is 0. The number of carbonyl (C=O) groups is 4. The van der Waals surface area contributed by atoms with Gasteiger partial charge < -0.3 is 9.57 Å². The van der Waals surface area contributed by atoms with Gasteiger partial charge in [-0.05, 0) is 52.4 Å². The second-order valence-electron chi connectivity index (χ2n) is 8.87. The first-order valence-corrected chi connectivity index (χ1v) is 9.82. The summed E-state index contributed by atoms with van der Waals surface area (Å²) in [6, 6.07) is -0.882. The van der Waals surface area contributed by atoms with Crippen LogP contribution in [0.15, 0.2) is 12.2 Å². The van der Waals surface area contributed by atoms with E-state index >= 15 is 0 Å². The number of imide groups is 1. The van der Waals surface area contributed by atoms with Gasteiger partial charge in [0.25, 0.3) is 11.8 Å². The Morgan fingerprint density at radius 3 is 2.14 bits per heavy atom. The van der Waals surface area contributed by atoms with Gasteiger partial charge in [0.2, 0.25) is 0 Å². The highest BCUT2D eigenvalue weighted by Crippen LogP contribution is 2.35. The van der Waals surface area contributed by atoms with Crippen molar-refractivity contribution in [1.29, 1.82) is 0 Å². The largest absolute Gasteiger partial charge is 0.444 e. The summed E-state index contributed by atoms with van der Waals surface area (Å²) in [5.74, 6) is -2.48.